The van der Waals surface area contributed by atoms with E-state index in [4.69, 9.17) is 4.52 Å². The van der Waals surface area contributed by atoms with Crippen LogP contribution in [0.15, 0.2) is 46.4 Å². The van der Waals surface area contributed by atoms with Crippen molar-refractivity contribution in [1.29, 1.82) is 0 Å². The third-order valence-corrected chi connectivity index (χ3v) is 6.31. The molecule has 0 bridgehead atoms. The largest absolute Gasteiger partial charge is 0.339 e. The number of aromatic amines is 1. The van der Waals surface area contributed by atoms with Crippen LogP contribution in [0.3, 0.4) is 0 Å². The molecule has 4 heterocycles. The summed E-state index contributed by atoms with van der Waals surface area (Å²) in [5.41, 5.74) is 1.50. The lowest BCUT2D eigenvalue weighted by molar-refractivity contribution is 0.0637. The smallest absolute Gasteiger partial charge is 0.256 e. The van der Waals surface area contributed by atoms with E-state index in [-0.39, 0.29) is 5.91 Å². The Morgan fingerprint density at radius 1 is 1.17 bits per heavy atom. The molecule has 3 aromatic heterocycles. The van der Waals surface area contributed by atoms with Gasteiger partial charge in [-0.2, -0.15) is 10.1 Å². The van der Waals surface area contributed by atoms with E-state index in [1.54, 1.807) is 17.5 Å². The van der Waals surface area contributed by atoms with Gasteiger partial charge in [0.25, 0.3) is 5.91 Å². The second kappa shape index (κ2) is 8.37. The lowest BCUT2D eigenvalue weighted by Gasteiger charge is -2.34. The Hall–Kier alpha value is -3.04. The topological polar surface area (TPSA) is 91.2 Å². The van der Waals surface area contributed by atoms with Crippen molar-refractivity contribution in [3.8, 4) is 10.7 Å². The predicted molar refractivity (Wildman–Crippen MR) is 114 cm³/mol. The number of aromatic nitrogens is 4. The number of H-pyrrole nitrogens is 1. The first-order valence-electron chi connectivity index (χ1n) is 10.1. The fourth-order valence-electron chi connectivity index (χ4n) is 3.81. The van der Waals surface area contributed by atoms with Crippen LogP contribution in [0, 0.1) is 0 Å². The summed E-state index contributed by atoms with van der Waals surface area (Å²) >= 11 is 1.61. The second-order valence-corrected chi connectivity index (χ2v) is 8.31. The van der Waals surface area contributed by atoms with Gasteiger partial charge in [-0.25, -0.2) is 0 Å². The first kappa shape index (κ1) is 19.0. The van der Waals surface area contributed by atoms with Crippen molar-refractivity contribution in [2.45, 2.75) is 12.8 Å². The summed E-state index contributed by atoms with van der Waals surface area (Å²) in [5.74, 6) is 1.41. The predicted octanol–water partition coefficient (Wildman–Crippen LogP) is 3.07. The van der Waals surface area contributed by atoms with E-state index in [2.05, 4.69) is 25.2 Å². The number of amides is 1. The average Bonchev–Trinajstić information content (AvgIpc) is 3.54. The molecule has 154 valence electrons. The molecule has 4 aromatic rings. The van der Waals surface area contributed by atoms with Gasteiger partial charge in [-0.15, -0.1) is 11.3 Å². The minimum atomic E-state index is 0.0662. The number of fused-ring (bicyclic) bond motifs is 1. The molecule has 0 atom stereocenters. The number of rotatable bonds is 6. The molecule has 1 aliphatic heterocycles. The number of thiophene rings is 1. The molecule has 9 heteroatoms. The van der Waals surface area contributed by atoms with Gasteiger partial charge in [0.2, 0.25) is 11.7 Å². The molecule has 1 amide bonds. The second-order valence-electron chi connectivity index (χ2n) is 7.37. The molecule has 1 aromatic carbocycles. The van der Waals surface area contributed by atoms with Gasteiger partial charge in [0.1, 0.15) is 0 Å². The molecule has 1 N–H and O–H groups in total. The van der Waals surface area contributed by atoms with Crippen molar-refractivity contribution in [3.63, 3.8) is 0 Å². The van der Waals surface area contributed by atoms with Crippen molar-refractivity contribution >= 4 is 28.1 Å². The van der Waals surface area contributed by atoms with Crippen LogP contribution in [0.25, 0.3) is 21.6 Å². The number of benzene rings is 1. The van der Waals surface area contributed by atoms with E-state index in [1.165, 1.54) is 0 Å². The van der Waals surface area contributed by atoms with Gasteiger partial charge < -0.3 is 9.42 Å². The Morgan fingerprint density at radius 3 is 2.90 bits per heavy atom. The van der Waals surface area contributed by atoms with E-state index in [0.717, 1.165) is 61.3 Å². The van der Waals surface area contributed by atoms with Gasteiger partial charge in [-0.3, -0.25) is 14.8 Å². The van der Waals surface area contributed by atoms with Crippen LogP contribution in [-0.2, 0) is 6.42 Å². The van der Waals surface area contributed by atoms with Gasteiger partial charge >= 0.3 is 0 Å². The zero-order valence-corrected chi connectivity index (χ0v) is 17.3. The lowest BCUT2D eigenvalue weighted by atomic mass is 10.1. The molecule has 1 saturated heterocycles. The summed E-state index contributed by atoms with van der Waals surface area (Å²) in [7, 11) is 0. The molecule has 0 spiro atoms. The number of para-hydroxylation sites is 1. The molecule has 5 rings (SSSR count). The fourth-order valence-corrected chi connectivity index (χ4v) is 4.46. The summed E-state index contributed by atoms with van der Waals surface area (Å²) in [5, 5.41) is 14.0. The summed E-state index contributed by atoms with van der Waals surface area (Å²) in [6, 6.07) is 9.70. The minimum Gasteiger partial charge on any atom is -0.339 e. The number of nitrogens with one attached hydrogen (secondary N) is 1. The van der Waals surface area contributed by atoms with Gasteiger partial charge in [0, 0.05) is 38.0 Å². The molecule has 0 radical (unpaired) electrons. The third kappa shape index (κ3) is 3.86. The van der Waals surface area contributed by atoms with E-state index in [0.29, 0.717) is 17.3 Å². The molecule has 0 unspecified atom stereocenters. The Labute approximate surface area is 177 Å². The van der Waals surface area contributed by atoms with Crippen LogP contribution in [0.1, 0.15) is 22.7 Å². The first-order valence-corrected chi connectivity index (χ1v) is 11.0. The van der Waals surface area contributed by atoms with Crippen LogP contribution in [0.2, 0.25) is 0 Å². The van der Waals surface area contributed by atoms with Crippen LogP contribution in [0.4, 0.5) is 0 Å². The highest BCUT2D eigenvalue weighted by atomic mass is 32.1. The number of aryl methyl sites for hydroxylation is 1. The molecule has 30 heavy (non-hydrogen) atoms. The maximum atomic E-state index is 13.0. The van der Waals surface area contributed by atoms with Gasteiger partial charge in [-0.1, -0.05) is 23.4 Å². The normalized spacial score (nSPS) is 15.1. The minimum absolute atomic E-state index is 0.0662. The van der Waals surface area contributed by atoms with Crippen LogP contribution in [-0.4, -0.2) is 68.8 Å². The van der Waals surface area contributed by atoms with E-state index in [9.17, 15) is 4.79 Å². The zero-order valence-electron chi connectivity index (χ0n) is 16.5. The molecule has 8 nitrogen and oxygen atoms in total. The fraction of sp³-hybridized carbons (Fsp3) is 0.333. The standard InChI is InChI=1S/C21H22N6O2S/c28-21(16-5-1-4-15-14-22-24-19(15)16)27-11-9-26(10-12-27)8-2-7-18-23-20(25-29-18)17-6-3-13-30-17/h1,3-6,13-14H,2,7-12H2,(H,22,24). The van der Waals surface area contributed by atoms with Crippen molar-refractivity contribution in [2.24, 2.45) is 0 Å². The van der Waals surface area contributed by atoms with E-state index < -0.39 is 0 Å². The van der Waals surface area contributed by atoms with Gasteiger partial charge in [0.15, 0.2) is 0 Å². The number of carbonyl (C=O) groups excluding carboxylic acids is 1. The summed E-state index contributed by atoms with van der Waals surface area (Å²) in [6.07, 6.45) is 3.46. The summed E-state index contributed by atoms with van der Waals surface area (Å²) < 4.78 is 5.37. The maximum absolute atomic E-state index is 13.0. The Kier molecular flexibility index (Phi) is 5.29. The Morgan fingerprint density at radius 2 is 2.07 bits per heavy atom. The van der Waals surface area contributed by atoms with Gasteiger partial charge in [-0.05, 0) is 30.5 Å². The van der Waals surface area contributed by atoms with Crippen molar-refractivity contribution < 1.29 is 9.32 Å². The third-order valence-electron chi connectivity index (χ3n) is 5.44. The van der Waals surface area contributed by atoms with Crippen LogP contribution < -0.4 is 0 Å². The summed E-state index contributed by atoms with van der Waals surface area (Å²) in [4.78, 5) is 22.8. The molecule has 0 aliphatic carbocycles. The monoisotopic (exact) mass is 422 g/mol. The quantitative estimate of drug-likeness (QED) is 0.514. The van der Waals surface area contributed by atoms with Crippen LogP contribution in [0.5, 0.6) is 0 Å². The zero-order chi connectivity index (χ0) is 20.3. The first-order chi connectivity index (χ1) is 14.8. The van der Waals surface area contributed by atoms with Crippen LogP contribution >= 0.6 is 11.3 Å². The number of hydrogen-bond donors (Lipinski definition) is 1. The highest BCUT2D eigenvalue weighted by Gasteiger charge is 2.23. The molecule has 1 aliphatic rings. The van der Waals surface area contributed by atoms with Crippen molar-refractivity contribution in [1.82, 2.24) is 30.1 Å². The lowest BCUT2D eigenvalue weighted by Crippen LogP contribution is -2.48. The molecule has 0 saturated carbocycles. The van der Waals surface area contributed by atoms with Crippen molar-refractivity contribution in [3.05, 3.63) is 53.4 Å². The van der Waals surface area contributed by atoms with E-state index >= 15 is 0 Å². The average molecular weight is 423 g/mol. The number of piperazine rings is 1. The number of carbonyl (C=O) groups is 1. The molecule has 1 fully saturated rings. The van der Waals surface area contributed by atoms with Crippen molar-refractivity contribution in [2.75, 3.05) is 32.7 Å². The Balaban J connectivity index is 1.11. The highest BCUT2D eigenvalue weighted by Crippen LogP contribution is 2.22. The highest BCUT2D eigenvalue weighted by molar-refractivity contribution is 7.13. The number of nitrogens with zero attached hydrogens (tertiary/aromatic N) is 5. The maximum Gasteiger partial charge on any atom is 0.256 e. The number of hydrogen-bond acceptors (Lipinski definition) is 7. The molecular formula is C21H22N6O2S. The SMILES string of the molecule is O=C(c1cccc2cn[nH]c12)N1CCN(CCCc2nc(-c3cccs3)no2)CC1. The summed E-state index contributed by atoms with van der Waals surface area (Å²) in [6.45, 7) is 4.15. The Bertz CT molecular complexity index is 1130. The van der Waals surface area contributed by atoms with Gasteiger partial charge in [0.05, 0.1) is 22.2 Å². The molecular weight excluding hydrogens is 400 g/mol. The van der Waals surface area contributed by atoms with E-state index in [1.807, 2.05) is 40.6 Å².